The molecule has 1 amide bonds. The molecule has 0 aliphatic rings. The Kier molecular flexibility index (Phi) is 3.94. The van der Waals surface area contributed by atoms with Crippen LogP contribution in [0.4, 0.5) is 5.69 Å². The largest absolute Gasteiger partial charge is 0.347 e. The summed E-state index contributed by atoms with van der Waals surface area (Å²) >= 11 is 5.82. The number of imidazole rings is 1. The van der Waals surface area contributed by atoms with Crippen molar-refractivity contribution in [2.45, 2.75) is 6.54 Å². The lowest BCUT2D eigenvalue weighted by molar-refractivity contribution is -0.385. The lowest BCUT2D eigenvalue weighted by atomic mass is 10.2. The van der Waals surface area contributed by atoms with Crippen LogP contribution in [0.15, 0.2) is 24.7 Å². The van der Waals surface area contributed by atoms with Crippen LogP contribution in [0.1, 0.15) is 16.2 Å². The fraction of sp³-hybridized carbons (Fsp3) is 0.182. The molecule has 0 radical (unpaired) electrons. The Morgan fingerprint density at radius 3 is 2.90 bits per heavy atom. The Bertz CT molecular complexity index is 644. The molecule has 2 aromatic heterocycles. The van der Waals surface area contributed by atoms with E-state index < -0.39 is 10.8 Å². The van der Waals surface area contributed by atoms with E-state index >= 15 is 0 Å². The highest BCUT2D eigenvalue weighted by Crippen LogP contribution is 2.20. The van der Waals surface area contributed by atoms with Gasteiger partial charge >= 0.3 is 0 Å². The topological polar surface area (TPSA) is 105 Å². The van der Waals surface area contributed by atoms with Gasteiger partial charge in [0.15, 0.2) is 0 Å². The highest BCUT2D eigenvalue weighted by molar-refractivity contribution is 6.32. The van der Waals surface area contributed by atoms with Crippen molar-refractivity contribution in [1.29, 1.82) is 0 Å². The summed E-state index contributed by atoms with van der Waals surface area (Å²) in [4.78, 5) is 34.1. The molecular weight excluding hydrogens is 286 g/mol. The fourth-order valence-electron chi connectivity index (χ4n) is 1.57. The van der Waals surface area contributed by atoms with Crippen molar-refractivity contribution < 1.29 is 9.72 Å². The summed E-state index contributed by atoms with van der Waals surface area (Å²) in [5, 5.41) is 10.6. The summed E-state index contributed by atoms with van der Waals surface area (Å²) in [5.41, 5.74) is -0.306. The number of H-pyrrole nitrogens is 1. The number of halogens is 1. The van der Waals surface area contributed by atoms with E-state index in [1.807, 2.05) is 0 Å². The highest BCUT2D eigenvalue weighted by Gasteiger charge is 2.20. The molecule has 1 N–H and O–H groups in total. The molecule has 0 fully saturated rings. The summed E-state index contributed by atoms with van der Waals surface area (Å²) in [6.45, 7) is 0.227. The van der Waals surface area contributed by atoms with Crippen LogP contribution < -0.4 is 0 Å². The molecule has 0 aliphatic carbocycles. The molecule has 20 heavy (non-hydrogen) atoms. The molecule has 8 nitrogen and oxygen atoms in total. The van der Waals surface area contributed by atoms with Crippen molar-refractivity contribution >= 4 is 23.2 Å². The van der Waals surface area contributed by atoms with Gasteiger partial charge in [0.25, 0.3) is 11.6 Å². The SMILES string of the molecule is CN(Cc1ncc[nH]1)C(=O)c1cc([N+](=O)[O-])cnc1Cl. The Labute approximate surface area is 118 Å². The number of aromatic amines is 1. The minimum Gasteiger partial charge on any atom is -0.347 e. The van der Waals surface area contributed by atoms with Gasteiger partial charge < -0.3 is 9.88 Å². The predicted octanol–water partition coefficient (Wildman–Crippen LogP) is 1.64. The van der Waals surface area contributed by atoms with Gasteiger partial charge in [-0.05, 0) is 0 Å². The first-order chi connectivity index (χ1) is 9.49. The number of rotatable bonds is 4. The molecule has 0 saturated heterocycles. The standard InChI is InChI=1S/C11H10ClN5O3/c1-16(6-9-13-2-3-14-9)11(18)8-4-7(17(19)20)5-15-10(8)12/h2-5H,6H2,1H3,(H,13,14). The molecule has 0 saturated carbocycles. The summed E-state index contributed by atoms with van der Waals surface area (Å²) in [5.74, 6) is 0.123. The van der Waals surface area contributed by atoms with Gasteiger partial charge in [-0.2, -0.15) is 0 Å². The number of nitro groups is 1. The van der Waals surface area contributed by atoms with Crippen LogP contribution in [0.3, 0.4) is 0 Å². The van der Waals surface area contributed by atoms with Crippen molar-refractivity contribution in [2.24, 2.45) is 0 Å². The Morgan fingerprint density at radius 1 is 1.55 bits per heavy atom. The normalized spacial score (nSPS) is 10.3. The quantitative estimate of drug-likeness (QED) is 0.524. The second kappa shape index (κ2) is 5.66. The zero-order valence-corrected chi connectivity index (χ0v) is 11.2. The number of amides is 1. The number of nitrogens with zero attached hydrogens (tertiary/aromatic N) is 4. The number of hydrogen-bond donors (Lipinski definition) is 1. The van der Waals surface area contributed by atoms with Crippen LogP contribution in [0, 0.1) is 10.1 Å². The highest BCUT2D eigenvalue weighted by atomic mass is 35.5. The lowest BCUT2D eigenvalue weighted by Gasteiger charge is -2.16. The molecule has 0 spiro atoms. The summed E-state index contributed by atoms with van der Waals surface area (Å²) < 4.78 is 0. The fourth-order valence-corrected chi connectivity index (χ4v) is 1.76. The molecule has 2 rings (SSSR count). The van der Waals surface area contributed by atoms with Crippen molar-refractivity contribution in [3.63, 3.8) is 0 Å². The van der Waals surface area contributed by atoms with E-state index in [9.17, 15) is 14.9 Å². The number of carbonyl (C=O) groups is 1. The zero-order chi connectivity index (χ0) is 14.7. The first-order valence-corrected chi connectivity index (χ1v) is 5.90. The lowest BCUT2D eigenvalue weighted by Crippen LogP contribution is -2.27. The number of pyridine rings is 1. The summed E-state index contributed by atoms with van der Waals surface area (Å²) in [6.07, 6.45) is 4.21. The van der Waals surface area contributed by atoms with Crippen molar-refractivity contribution in [3.8, 4) is 0 Å². The van der Waals surface area contributed by atoms with Gasteiger partial charge in [-0.15, -0.1) is 0 Å². The number of hydrogen-bond acceptors (Lipinski definition) is 5. The molecule has 104 valence electrons. The van der Waals surface area contributed by atoms with Gasteiger partial charge in [0.05, 0.1) is 17.0 Å². The number of aromatic nitrogens is 3. The van der Waals surface area contributed by atoms with E-state index in [0.717, 1.165) is 12.3 Å². The summed E-state index contributed by atoms with van der Waals surface area (Å²) in [7, 11) is 1.54. The number of nitrogens with one attached hydrogen (secondary N) is 1. The second-order valence-electron chi connectivity index (χ2n) is 3.99. The van der Waals surface area contributed by atoms with E-state index in [1.54, 1.807) is 19.4 Å². The second-order valence-corrected chi connectivity index (χ2v) is 4.34. The minimum atomic E-state index is -0.632. The monoisotopic (exact) mass is 295 g/mol. The molecule has 9 heteroatoms. The first kappa shape index (κ1) is 13.9. The van der Waals surface area contributed by atoms with Crippen molar-refractivity contribution in [1.82, 2.24) is 19.9 Å². The van der Waals surface area contributed by atoms with Gasteiger partial charge in [0, 0.05) is 25.5 Å². The average molecular weight is 296 g/mol. The van der Waals surface area contributed by atoms with E-state index in [-0.39, 0.29) is 22.9 Å². The molecular formula is C11H10ClN5O3. The average Bonchev–Trinajstić information content (AvgIpc) is 2.91. The third kappa shape index (κ3) is 2.91. The van der Waals surface area contributed by atoms with Gasteiger partial charge in [-0.25, -0.2) is 9.97 Å². The van der Waals surface area contributed by atoms with E-state index in [0.29, 0.717) is 5.82 Å². The predicted molar refractivity (Wildman–Crippen MR) is 70.3 cm³/mol. The third-order valence-electron chi connectivity index (χ3n) is 2.55. The van der Waals surface area contributed by atoms with Crippen LogP contribution >= 0.6 is 11.6 Å². The third-order valence-corrected chi connectivity index (χ3v) is 2.86. The Hall–Kier alpha value is -2.48. The van der Waals surface area contributed by atoms with Crippen LogP contribution in [-0.2, 0) is 6.54 Å². The number of carbonyl (C=O) groups excluding carboxylic acids is 1. The van der Waals surface area contributed by atoms with Gasteiger partial charge in [0.2, 0.25) is 0 Å². The maximum absolute atomic E-state index is 12.2. The van der Waals surface area contributed by atoms with Gasteiger partial charge in [0.1, 0.15) is 17.2 Å². The van der Waals surface area contributed by atoms with Crippen LogP contribution in [0.5, 0.6) is 0 Å². The van der Waals surface area contributed by atoms with Crippen molar-refractivity contribution in [3.05, 3.63) is 51.3 Å². The van der Waals surface area contributed by atoms with Crippen LogP contribution in [-0.4, -0.2) is 37.7 Å². The van der Waals surface area contributed by atoms with Crippen LogP contribution in [0.2, 0.25) is 5.15 Å². The molecule has 0 unspecified atom stereocenters. The minimum absolute atomic E-state index is 0.0186. The molecule has 0 bridgehead atoms. The molecule has 2 aromatic rings. The molecule has 0 atom stereocenters. The Morgan fingerprint density at radius 2 is 2.30 bits per heavy atom. The van der Waals surface area contributed by atoms with Crippen LogP contribution in [0.25, 0.3) is 0 Å². The van der Waals surface area contributed by atoms with E-state index in [4.69, 9.17) is 11.6 Å². The van der Waals surface area contributed by atoms with Gasteiger partial charge in [-0.1, -0.05) is 11.6 Å². The molecule has 2 heterocycles. The van der Waals surface area contributed by atoms with E-state index in [1.165, 1.54) is 4.90 Å². The maximum atomic E-state index is 12.2. The van der Waals surface area contributed by atoms with Crippen molar-refractivity contribution in [2.75, 3.05) is 7.05 Å². The zero-order valence-electron chi connectivity index (χ0n) is 10.4. The Balaban J connectivity index is 2.23. The van der Waals surface area contributed by atoms with E-state index in [2.05, 4.69) is 15.0 Å². The smallest absolute Gasteiger partial charge is 0.288 e. The summed E-state index contributed by atoms with van der Waals surface area (Å²) in [6, 6.07) is 1.11. The first-order valence-electron chi connectivity index (χ1n) is 5.52. The maximum Gasteiger partial charge on any atom is 0.288 e. The molecule has 0 aliphatic heterocycles. The van der Waals surface area contributed by atoms with Gasteiger partial charge in [-0.3, -0.25) is 14.9 Å². The molecule has 0 aromatic carbocycles.